The van der Waals surface area contributed by atoms with Gasteiger partial charge in [0.1, 0.15) is 10.5 Å². The quantitative estimate of drug-likeness (QED) is 0.598. The number of rotatable bonds is 8. The van der Waals surface area contributed by atoms with Crippen LogP contribution in [0.3, 0.4) is 0 Å². The summed E-state index contributed by atoms with van der Waals surface area (Å²) in [6.45, 7) is 8.47. The van der Waals surface area contributed by atoms with Crippen LogP contribution in [-0.2, 0) is 13.6 Å². The SMILES string of the molecule is CCC[C]([SiH2]O[SiH3])C(C)(OC)C(C)(C)OC. The van der Waals surface area contributed by atoms with Crippen LogP contribution in [0.1, 0.15) is 40.5 Å². The van der Waals surface area contributed by atoms with Crippen molar-refractivity contribution in [3.63, 3.8) is 0 Å². The maximum atomic E-state index is 5.77. The maximum Gasteiger partial charge on any atom is 0.155 e. The predicted molar refractivity (Wildman–Crippen MR) is 74.2 cm³/mol. The van der Waals surface area contributed by atoms with Crippen molar-refractivity contribution in [1.82, 2.24) is 0 Å². The molecule has 0 N–H and O–H groups in total. The second-order valence-electron chi connectivity index (χ2n) is 4.74. The molecule has 0 spiro atoms. The highest BCUT2D eigenvalue weighted by molar-refractivity contribution is 6.41. The highest BCUT2D eigenvalue weighted by Gasteiger charge is 2.47. The van der Waals surface area contributed by atoms with Crippen LogP contribution < -0.4 is 0 Å². The minimum Gasteiger partial charge on any atom is -0.467 e. The molecular weight excluding hydrogens is 236 g/mol. The smallest absolute Gasteiger partial charge is 0.155 e. The Kier molecular flexibility index (Phi) is 7.04. The summed E-state index contributed by atoms with van der Waals surface area (Å²) < 4.78 is 16.9. The van der Waals surface area contributed by atoms with Crippen molar-refractivity contribution in [1.29, 1.82) is 0 Å². The molecule has 0 aliphatic heterocycles. The molecule has 3 nitrogen and oxygen atoms in total. The van der Waals surface area contributed by atoms with Gasteiger partial charge in [0.15, 0.2) is 9.76 Å². The monoisotopic (exact) mass is 263 g/mol. The van der Waals surface area contributed by atoms with Gasteiger partial charge < -0.3 is 13.6 Å². The lowest BCUT2D eigenvalue weighted by Crippen LogP contribution is -2.56. The van der Waals surface area contributed by atoms with Crippen LogP contribution >= 0.6 is 0 Å². The summed E-state index contributed by atoms with van der Waals surface area (Å²) in [6, 6.07) is 0. The summed E-state index contributed by atoms with van der Waals surface area (Å²) in [5.74, 6) is 0. The zero-order valence-corrected chi connectivity index (χ0v) is 15.3. The molecular formula is C11H27O3Si2. The number of methoxy groups -OCH3 is 2. The van der Waals surface area contributed by atoms with Gasteiger partial charge in [-0.3, -0.25) is 0 Å². The third-order valence-corrected chi connectivity index (χ3v) is 6.14. The van der Waals surface area contributed by atoms with Gasteiger partial charge in [-0.1, -0.05) is 13.3 Å². The molecule has 0 aliphatic carbocycles. The molecule has 0 aromatic heterocycles. The fraction of sp³-hybridized carbons (Fsp3) is 0.909. The Morgan fingerprint density at radius 3 is 2.06 bits per heavy atom. The first-order chi connectivity index (χ1) is 7.39. The number of ether oxygens (including phenoxy) is 2. The van der Waals surface area contributed by atoms with Crippen molar-refractivity contribution >= 4 is 20.2 Å². The fourth-order valence-corrected chi connectivity index (χ4v) is 4.67. The molecule has 1 atom stereocenters. The molecule has 0 aromatic rings. The Morgan fingerprint density at radius 2 is 1.75 bits per heavy atom. The molecule has 97 valence electrons. The Balaban J connectivity index is 5.00. The Hall–Kier alpha value is 0.314. The van der Waals surface area contributed by atoms with Crippen molar-refractivity contribution in [3.05, 3.63) is 5.54 Å². The number of hydrogen-bond acceptors (Lipinski definition) is 3. The molecule has 0 rings (SSSR count). The van der Waals surface area contributed by atoms with Gasteiger partial charge in [0.2, 0.25) is 0 Å². The van der Waals surface area contributed by atoms with Crippen LogP contribution in [0.2, 0.25) is 0 Å². The third-order valence-electron chi connectivity index (χ3n) is 3.61. The molecule has 0 saturated heterocycles. The molecule has 0 saturated carbocycles. The van der Waals surface area contributed by atoms with E-state index < -0.39 is 9.76 Å². The van der Waals surface area contributed by atoms with Crippen LogP contribution in [0.5, 0.6) is 0 Å². The minimum atomic E-state index is -0.606. The summed E-state index contributed by atoms with van der Waals surface area (Å²) in [5.41, 5.74) is 0.757. The van der Waals surface area contributed by atoms with E-state index in [1.165, 1.54) is 5.54 Å². The average molecular weight is 264 g/mol. The van der Waals surface area contributed by atoms with Crippen LogP contribution in [0.4, 0.5) is 0 Å². The van der Waals surface area contributed by atoms with E-state index in [2.05, 4.69) is 27.7 Å². The second kappa shape index (κ2) is 6.91. The van der Waals surface area contributed by atoms with E-state index in [0.717, 1.165) is 23.3 Å². The molecule has 0 fully saturated rings. The Labute approximate surface area is 106 Å². The van der Waals surface area contributed by atoms with Crippen LogP contribution in [-0.4, -0.2) is 45.7 Å². The van der Waals surface area contributed by atoms with Crippen LogP contribution in [0, 0.1) is 5.54 Å². The lowest BCUT2D eigenvalue weighted by atomic mass is 9.82. The molecule has 1 unspecified atom stereocenters. The summed E-state index contributed by atoms with van der Waals surface area (Å²) in [6.07, 6.45) is 2.21. The van der Waals surface area contributed by atoms with Gasteiger partial charge in [-0.05, 0) is 27.2 Å². The van der Waals surface area contributed by atoms with E-state index in [1.54, 1.807) is 14.2 Å². The minimum absolute atomic E-state index is 0.320. The molecule has 0 aliphatic rings. The molecule has 0 aromatic carbocycles. The molecule has 0 amide bonds. The first-order valence-electron chi connectivity index (χ1n) is 5.84. The first kappa shape index (κ1) is 16.3. The summed E-state index contributed by atoms with van der Waals surface area (Å²) >= 11 is 0. The van der Waals surface area contributed by atoms with Crippen molar-refractivity contribution < 1.29 is 13.6 Å². The molecule has 5 heteroatoms. The predicted octanol–water partition coefficient (Wildman–Crippen LogP) is 0.529. The molecule has 1 radical (unpaired) electrons. The van der Waals surface area contributed by atoms with Gasteiger partial charge in [-0.15, -0.1) is 0 Å². The number of hydrogen-bond donors (Lipinski definition) is 0. The largest absolute Gasteiger partial charge is 0.467 e. The van der Waals surface area contributed by atoms with Gasteiger partial charge >= 0.3 is 0 Å². The van der Waals surface area contributed by atoms with Crippen LogP contribution in [0.15, 0.2) is 0 Å². The van der Waals surface area contributed by atoms with Crippen molar-refractivity contribution in [2.75, 3.05) is 14.2 Å². The fourth-order valence-electron chi connectivity index (χ4n) is 1.94. The van der Waals surface area contributed by atoms with Gasteiger partial charge in [-0.25, -0.2) is 0 Å². The lowest BCUT2D eigenvalue weighted by molar-refractivity contribution is -0.145. The first-order valence-corrected chi connectivity index (χ1v) is 7.94. The van der Waals surface area contributed by atoms with Crippen molar-refractivity contribution in [2.45, 2.75) is 51.7 Å². The Bertz CT molecular complexity index is 194. The van der Waals surface area contributed by atoms with E-state index in [9.17, 15) is 0 Å². The second-order valence-corrected chi connectivity index (χ2v) is 8.19. The van der Waals surface area contributed by atoms with Crippen LogP contribution in [0.25, 0.3) is 0 Å². The Morgan fingerprint density at radius 1 is 1.19 bits per heavy atom. The highest BCUT2D eigenvalue weighted by atomic mass is 28.3. The van der Waals surface area contributed by atoms with E-state index in [1.807, 2.05) is 0 Å². The lowest BCUT2D eigenvalue weighted by Gasteiger charge is -2.46. The molecule has 0 bridgehead atoms. The highest BCUT2D eigenvalue weighted by Crippen LogP contribution is 2.38. The summed E-state index contributed by atoms with van der Waals surface area (Å²) in [5, 5.41) is 0. The van der Waals surface area contributed by atoms with E-state index in [4.69, 9.17) is 13.6 Å². The van der Waals surface area contributed by atoms with E-state index in [0.29, 0.717) is 0 Å². The zero-order valence-electron chi connectivity index (χ0n) is 11.8. The van der Waals surface area contributed by atoms with E-state index >= 15 is 0 Å². The van der Waals surface area contributed by atoms with E-state index in [-0.39, 0.29) is 11.2 Å². The van der Waals surface area contributed by atoms with Gasteiger partial charge in [0.25, 0.3) is 0 Å². The average Bonchev–Trinajstić information content (AvgIpc) is 2.27. The van der Waals surface area contributed by atoms with Crippen molar-refractivity contribution in [3.8, 4) is 0 Å². The molecule has 0 heterocycles. The van der Waals surface area contributed by atoms with Gasteiger partial charge in [0, 0.05) is 19.8 Å². The van der Waals surface area contributed by atoms with Crippen molar-refractivity contribution in [2.24, 2.45) is 0 Å². The third kappa shape index (κ3) is 3.40. The topological polar surface area (TPSA) is 27.7 Å². The maximum absolute atomic E-state index is 5.77. The summed E-state index contributed by atoms with van der Waals surface area (Å²) in [4.78, 5) is 0. The summed E-state index contributed by atoms with van der Waals surface area (Å²) in [7, 11) is 3.71. The molecule has 16 heavy (non-hydrogen) atoms. The zero-order chi connectivity index (χ0) is 12.8. The normalized spacial score (nSPS) is 17.4. The van der Waals surface area contributed by atoms with Gasteiger partial charge in [-0.2, -0.15) is 0 Å². The standard InChI is InChI=1S/C11H27O3Si2/c1-7-8-9(16-14-15)11(4,13-6)10(2,3)12-5/h7-8,16H2,1-6,15H3. The van der Waals surface area contributed by atoms with Gasteiger partial charge in [0.05, 0.1) is 11.2 Å².